The first kappa shape index (κ1) is 11.9. The van der Waals surface area contributed by atoms with E-state index < -0.39 is 0 Å². The molecule has 1 aromatic carbocycles. The number of rotatable bonds is 2. The van der Waals surface area contributed by atoms with Crippen LogP contribution < -0.4 is 0 Å². The van der Waals surface area contributed by atoms with Gasteiger partial charge < -0.3 is 0 Å². The molecule has 0 amide bonds. The van der Waals surface area contributed by atoms with Crippen molar-refractivity contribution in [1.29, 1.82) is 0 Å². The van der Waals surface area contributed by atoms with Gasteiger partial charge in [0.15, 0.2) is 0 Å². The fraction of sp³-hybridized carbons (Fsp3) is 0.467. The SMILES string of the molecule is C#Cc1cc(C(C)C)c(C)cc1C(C)C. The first-order valence-electron chi connectivity index (χ1n) is 5.58. The Labute approximate surface area is 93.7 Å². The highest BCUT2D eigenvalue weighted by atomic mass is 14.1. The lowest BCUT2D eigenvalue weighted by atomic mass is 9.89. The Morgan fingerprint density at radius 3 is 1.93 bits per heavy atom. The quantitative estimate of drug-likeness (QED) is 0.627. The van der Waals surface area contributed by atoms with Gasteiger partial charge in [-0.1, -0.05) is 39.7 Å². The summed E-state index contributed by atoms with van der Waals surface area (Å²) in [5, 5.41) is 0. The van der Waals surface area contributed by atoms with Crippen molar-refractivity contribution in [3.8, 4) is 12.3 Å². The molecule has 0 nitrogen and oxygen atoms in total. The summed E-state index contributed by atoms with van der Waals surface area (Å²) in [5.41, 5.74) is 5.07. The molecule has 1 rings (SSSR count). The number of aryl methyl sites for hydroxylation is 1. The van der Waals surface area contributed by atoms with Crippen LogP contribution in [0.3, 0.4) is 0 Å². The van der Waals surface area contributed by atoms with E-state index in [0.717, 1.165) is 5.56 Å². The molecule has 0 radical (unpaired) electrons. The molecule has 80 valence electrons. The Morgan fingerprint density at radius 2 is 1.53 bits per heavy atom. The van der Waals surface area contributed by atoms with Crippen LogP contribution in [-0.4, -0.2) is 0 Å². The standard InChI is InChI=1S/C15H20/c1-7-13-9-14(10(2)3)12(6)8-15(13)11(4)5/h1,8-11H,2-6H3. The van der Waals surface area contributed by atoms with E-state index in [1.165, 1.54) is 16.7 Å². The second kappa shape index (κ2) is 4.53. The molecule has 0 unspecified atom stereocenters. The lowest BCUT2D eigenvalue weighted by Crippen LogP contribution is -1.99. The maximum Gasteiger partial charge on any atom is 0.0280 e. The summed E-state index contributed by atoms with van der Waals surface area (Å²) in [6, 6.07) is 4.42. The summed E-state index contributed by atoms with van der Waals surface area (Å²) in [6.45, 7) is 11.0. The van der Waals surface area contributed by atoms with Crippen LogP contribution in [0.1, 0.15) is 61.8 Å². The monoisotopic (exact) mass is 200 g/mol. The van der Waals surface area contributed by atoms with Crippen molar-refractivity contribution >= 4 is 0 Å². The summed E-state index contributed by atoms with van der Waals surface area (Å²) in [4.78, 5) is 0. The molecule has 0 atom stereocenters. The van der Waals surface area contributed by atoms with Crippen LogP contribution in [0.2, 0.25) is 0 Å². The van der Waals surface area contributed by atoms with Crippen LogP contribution in [0.5, 0.6) is 0 Å². The van der Waals surface area contributed by atoms with Gasteiger partial charge in [0.05, 0.1) is 0 Å². The van der Waals surface area contributed by atoms with Crippen LogP contribution in [0, 0.1) is 19.3 Å². The predicted molar refractivity (Wildman–Crippen MR) is 67.3 cm³/mol. The molecule has 0 fully saturated rings. The number of benzene rings is 1. The van der Waals surface area contributed by atoms with Gasteiger partial charge in [0.25, 0.3) is 0 Å². The number of hydrogen-bond donors (Lipinski definition) is 0. The van der Waals surface area contributed by atoms with Crippen LogP contribution in [0.15, 0.2) is 12.1 Å². The maximum atomic E-state index is 5.56. The maximum absolute atomic E-state index is 5.56. The van der Waals surface area contributed by atoms with Gasteiger partial charge in [-0.25, -0.2) is 0 Å². The van der Waals surface area contributed by atoms with Gasteiger partial charge in [0.2, 0.25) is 0 Å². The Morgan fingerprint density at radius 1 is 1.00 bits per heavy atom. The highest BCUT2D eigenvalue weighted by Gasteiger charge is 2.10. The molecule has 0 spiro atoms. The van der Waals surface area contributed by atoms with E-state index in [-0.39, 0.29) is 0 Å². The topological polar surface area (TPSA) is 0 Å². The lowest BCUT2D eigenvalue weighted by Gasteiger charge is -2.16. The van der Waals surface area contributed by atoms with Gasteiger partial charge >= 0.3 is 0 Å². The first-order valence-corrected chi connectivity index (χ1v) is 5.58. The second-order valence-corrected chi connectivity index (χ2v) is 4.75. The lowest BCUT2D eigenvalue weighted by molar-refractivity contribution is 0.832. The molecule has 0 heteroatoms. The van der Waals surface area contributed by atoms with E-state index in [0.29, 0.717) is 11.8 Å². The zero-order valence-electron chi connectivity index (χ0n) is 10.4. The fourth-order valence-corrected chi connectivity index (χ4v) is 1.97. The molecule has 0 aromatic heterocycles. The third kappa shape index (κ3) is 2.42. The van der Waals surface area contributed by atoms with Crippen LogP contribution >= 0.6 is 0 Å². The van der Waals surface area contributed by atoms with Crippen molar-refractivity contribution in [2.75, 3.05) is 0 Å². The van der Waals surface area contributed by atoms with Gasteiger partial charge in [-0.2, -0.15) is 0 Å². The van der Waals surface area contributed by atoms with E-state index >= 15 is 0 Å². The van der Waals surface area contributed by atoms with Crippen molar-refractivity contribution in [1.82, 2.24) is 0 Å². The van der Waals surface area contributed by atoms with Gasteiger partial charge in [0.1, 0.15) is 0 Å². The molecular weight excluding hydrogens is 180 g/mol. The molecule has 0 aliphatic rings. The third-order valence-electron chi connectivity index (χ3n) is 2.84. The van der Waals surface area contributed by atoms with Crippen LogP contribution in [0.4, 0.5) is 0 Å². The molecule has 0 saturated carbocycles. The fourth-order valence-electron chi connectivity index (χ4n) is 1.97. The smallest absolute Gasteiger partial charge is 0.0280 e. The molecule has 0 heterocycles. The minimum absolute atomic E-state index is 0.496. The van der Waals surface area contributed by atoms with Gasteiger partial charge in [0, 0.05) is 5.56 Å². The van der Waals surface area contributed by atoms with Gasteiger partial charge in [-0.05, 0) is 41.5 Å². The third-order valence-corrected chi connectivity index (χ3v) is 2.84. The van der Waals surface area contributed by atoms with Crippen molar-refractivity contribution in [2.45, 2.75) is 46.5 Å². The second-order valence-electron chi connectivity index (χ2n) is 4.75. The molecule has 0 aliphatic heterocycles. The van der Waals surface area contributed by atoms with Gasteiger partial charge in [-0.15, -0.1) is 6.42 Å². The molecule has 0 N–H and O–H groups in total. The molecule has 15 heavy (non-hydrogen) atoms. The van der Waals surface area contributed by atoms with E-state index in [1.807, 2.05) is 0 Å². The minimum Gasteiger partial charge on any atom is -0.115 e. The summed E-state index contributed by atoms with van der Waals surface area (Å²) in [6.07, 6.45) is 5.56. The van der Waals surface area contributed by atoms with Gasteiger partial charge in [-0.3, -0.25) is 0 Å². The van der Waals surface area contributed by atoms with E-state index in [4.69, 9.17) is 6.42 Å². The minimum atomic E-state index is 0.496. The highest BCUT2D eigenvalue weighted by Crippen LogP contribution is 2.27. The summed E-state index contributed by atoms with van der Waals surface area (Å²) >= 11 is 0. The molecule has 0 saturated heterocycles. The Balaban J connectivity index is 3.37. The largest absolute Gasteiger partial charge is 0.115 e. The number of hydrogen-bond acceptors (Lipinski definition) is 0. The normalized spacial score (nSPS) is 10.8. The molecular formula is C15H20. The van der Waals surface area contributed by atoms with Crippen molar-refractivity contribution in [3.05, 3.63) is 34.4 Å². The van der Waals surface area contributed by atoms with Crippen LogP contribution in [0.25, 0.3) is 0 Å². The van der Waals surface area contributed by atoms with Crippen molar-refractivity contribution < 1.29 is 0 Å². The Kier molecular flexibility index (Phi) is 3.58. The van der Waals surface area contributed by atoms with Crippen LogP contribution in [-0.2, 0) is 0 Å². The van der Waals surface area contributed by atoms with E-state index in [1.54, 1.807) is 0 Å². The van der Waals surface area contributed by atoms with Crippen molar-refractivity contribution in [2.24, 2.45) is 0 Å². The average Bonchev–Trinajstić information content (AvgIpc) is 2.16. The van der Waals surface area contributed by atoms with Crippen molar-refractivity contribution in [3.63, 3.8) is 0 Å². The zero-order valence-corrected chi connectivity index (χ0v) is 10.4. The zero-order chi connectivity index (χ0) is 11.6. The summed E-state index contributed by atoms with van der Waals surface area (Å²) < 4.78 is 0. The Bertz CT molecular complexity index is 389. The first-order chi connectivity index (χ1) is 6.97. The average molecular weight is 200 g/mol. The number of terminal acetylenes is 1. The molecule has 0 aliphatic carbocycles. The van der Waals surface area contributed by atoms with E-state index in [2.05, 4.69) is 52.7 Å². The summed E-state index contributed by atoms with van der Waals surface area (Å²) in [7, 11) is 0. The summed E-state index contributed by atoms with van der Waals surface area (Å²) in [5.74, 6) is 3.84. The Hall–Kier alpha value is -1.22. The molecule has 0 bridgehead atoms. The predicted octanol–water partition coefficient (Wildman–Crippen LogP) is 4.22. The molecule has 1 aromatic rings. The highest BCUT2D eigenvalue weighted by molar-refractivity contribution is 5.48. The van der Waals surface area contributed by atoms with E-state index in [9.17, 15) is 0 Å².